The molecule has 1 aliphatic heterocycles. The summed E-state index contributed by atoms with van der Waals surface area (Å²) in [6.45, 7) is 3.88. The number of nitrogens with zero attached hydrogens (tertiary/aromatic N) is 1. The number of ether oxygens (including phenoxy) is 1. The fourth-order valence-electron chi connectivity index (χ4n) is 2.56. The minimum absolute atomic E-state index is 0.175. The molecule has 92 valence electrons. The van der Waals surface area contributed by atoms with Gasteiger partial charge in [0, 0.05) is 0 Å². The Labute approximate surface area is 102 Å². The third kappa shape index (κ3) is 2.07. The Morgan fingerprint density at radius 3 is 2.35 bits per heavy atom. The van der Waals surface area contributed by atoms with E-state index in [1.54, 1.807) is 0 Å². The number of carbonyl (C=O) groups is 1. The number of esters is 1. The summed E-state index contributed by atoms with van der Waals surface area (Å²) in [5, 5.41) is 0. The first-order valence-corrected chi connectivity index (χ1v) is 6.08. The average molecular weight is 233 g/mol. The molecule has 1 heterocycles. The molecular formula is C14H19NO2. The third-order valence-electron chi connectivity index (χ3n) is 3.66. The maximum Gasteiger partial charge on any atom is 0.330 e. The Morgan fingerprint density at radius 1 is 1.24 bits per heavy atom. The Morgan fingerprint density at radius 2 is 1.82 bits per heavy atom. The predicted octanol–water partition coefficient (Wildman–Crippen LogP) is 2.17. The molecule has 0 aliphatic carbocycles. The third-order valence-corrected chi connectivity index (χ3v) is 3.66. The number of methoxy groups -OCH3 is 1. The first-order chi connectivity index (χ1) is 8.19. The van der Waals surface area contributed by atoms with Gasteiger partial charge in [-0.25, -0.2) is 4.79 Å². The van der Waals surface area contributed by atoms with E-state index in [-0.39, 0.29) is 5.97 Å². The van der Waals surface area contributed by atoms with E-state index in [2.05, 4.69) is 4.90 Å². The van der Waals surface area contributed by atoms with Gasteiger partial charge in [0.25, 0.3) is 0 Å². The molecule has 1 aromatic rings. The summed E-state index contributed by atoms with van der Waals surface area (Å²) in [7, 11) is 1.46. The van der Waals surface area contributed by atoms with Gasteiger partial charge >= 0.3 is 5.97 Å². The first-order valence-electron chi connectivity index (χ1n) is 6.08. The van der Waals surface area contributed by atoms with Crippen LogP contribution in [0.3, 0.4) is 0 Å². The maximum absolute atomic E-state index is 12.2. The van der Waals surface area contributed by atoms with E-state index in [4.69, 9.17) is 4.74 Å². The zero-order chi connectivity index (χ0) is 12.3. The molecule has 3 heteroatoms. The van der Waals surface area contributed by atoms with Crippen molar-refractivity contribution in [3.8, 4) is 0 Å². The molecule has 1 unspecified atom stereocenters. The summed E-state index contributed by atoms with van der Waals surface area (Å²) in [6, 6.07) is 9.88. The highest BCUT2D eigenvalue weighted by molar-refractivity contribution is 5.82. The van der Waals surface area contributed by atoms with Gasteiger partial charge in [0.1, 0.15) is 5.54 Å². The molecule has 0 aromatic heterocycles. The Kier molecular flexibility index (Phi) is 3.48. The standard InChI is InChI=1S/C14H19NO2/c1-14(13(16)17-2,15-10-6-7-11-15)12-8-4-3-5-9-12/h3-5,8-9H,6-7,10-11H2,1-2H3. The summed E-state index contributed by atoms with van der Waals surface area (Å²) in [5.41, 5.74) is 0.362. The lowest BCUT2D eigenvalue weighted by molar-refractivity contribution is -0.154. The fraction of sp³-hybridized carbons (Fsp3) is 0.500. The van der Waals surface area contributed by atoms with Crippen LogP contribution in [-0.4, -0.2) is 31.1 Å². The second kappa shape index (κ2) is 4.88. The zero-order valence-electron chi connectivity index (χ0n) is 10.5. The molecule has 0 radical (unpaired) electrons. The Bertz CT molecular complexity index is 384. The lowest BCUT2D eigenvalue weighted by atomic mass is 9.90. The van der Waals surface area contributed by atoms with Crippen LogP contribution in [0.5, 0.6) is 0 Å². The van der Waals surface area contributed by atoms with Crippen molar-refractivity contribution in [2.45, 2.75) is 25.3 Å². The number of benzene rings is 1. The van der Waals surface area contributed by atoms with Gasteiger partial charge in [-0.2, -0.15) is 0 Å². The molecular weight excluding hydrogens is 214 g/mol. The number of carbonyl (C=O) groups excluding carboxylic acids is 1. The lowest BCUT2D eigenvalue weighted by Gasteiger charge is -2.36. The molecule has 1 aromatic carbocycles. The number of likely N-dealkylation sites (tertiary alicyclic amines) is 1. The minimum Gasteiger partial charge on any atom is -0.467 e. The van der Waals surface area contributed by atoms with Crippen molar-refractivity contribution in [1.82, 2.24) is 4.90 Å². The predicted molar refractivity (Wildman–Crippen MR) is 66.6 cm³/mol. The average Bonchev–Trinajstić information content (AvgIpc) is 2.92. The summed E-state index contributed by atoms with van der Waals surface area (Å²) in [4.78, 5) is 14.4. The van der Waals surface area contributed by atoms with Crippen molar-refractivity contribution in [3.05, 3.63) is 35.9 Å². The molecule has 1 saturated heterocycles. The Balaban J connectivity index is 2.39. The van der Waals surface area contributed by atoms with Gasteiger partial charge in [0.15, 0.2) is 0 Å². The highest BCUT2D eigenvalue weighted by atomic mass is 16.5. The van der Waals surface area contributed by atoms with Crippen LogP contribution < -0.4 is 0 Å². The smallest absolute Gasteiger partial charge is 0.330 e. The number of hydrogen-bond acceptors (Lipinski definition) is 3. The molecule has 0 saturated carbocycles. The van der Waals surface area contributed by atoms with Crippen molar-refractivity contribution < 1.29 is 9.53 Å². The largest absolute Gasteiger partial charge is 0.467 e. The molecule has 1 aliphatic rings. The molecule has 17 heavy (non-hydrogen) atoms. The van der Waals surface area contributed by atoms with E-state index < -0.39 is 5.54 Å². The quantitative estimate of drug-likeness (QED) is 0.749. The van der Waals surface area contributed by atoms with Crippen LogP contribution in [0.4, 0.5) is 0 Å². The van der Waals surface area contributed by atoms with E-state index >= 15 is 0 Å². The van der Waals surface area contributed by atoms with Gasteiger partial charge in [-0.3, -0.25) is 4.90 Å². The first kappa shape index (κ1) is 12.1. The maximum atomic E-state index is 12.2. The highest BCUT2D eigenvalue weighted by Gasteiger charge is 2.43. The van der Waals surface area contributed by atoms with E-state index in [1.165, 1.54) is 7.11 Å². The van der Waals surface area contributed by atoms with Gasteiger partial charge in [-0.15, -0.1) is 0 Å². The molecule has 0 amide bonds. The second-order valence-electron chi connectivity index (χ2n) is 4.62. The van der Waals surface area contributed by atoms with Crippen LogP contribution in [-0.2, 0) is 15.1 Å². The summed E-state index contributed by atoms with van der Waals surface area (Å²) >= 11 is 0. The molecule has 1 atom stereocenters. The second-order valence-corrected chi connectivity index (χ2v) is 4.62. The van der Waals surface area contributed by atoms with Gasteiger partial charge in [0.2, 0.25) is 0 Å². The Hall–Kier alpha value is -1.35. The number of hydrogen-bond donors (Lipinski definition) is 0. The van der Waals surface area contributed by atoms with E-state index in [0.29, 0.717) is 0 Å². The van der Waals surface area contributed by atoms with Gasteiger partial charge in [-0.1, -0.05) is 30.3 Å². The van der Waals surface area contributed by atoms with Crippen LogP contribution in [0, 0.1) is 0 Å². The minimum atomic E-state index is -0.646. The van der Waals surface area contributed by atoms with E-state index in [0.717, 1.165) is 31.5 Å². The normalized spacial score (nSPS) is 19.9. The van der Waals surface area contributed by atoms with E-state index in [9.17, 15) is 4.79 Å². The van der Waals surface area contributed by atoms with Crippen LogP contribution in [0.25, 0.3) is 0 Å². The SMILES string of the molecule is COC(=O)C(C)(c1ccccc1)N1CCCC1. The van der Waals surface area contributed by atoms with Crippen LogP contribution in [0.15, 0.2) is 30.3 Å². The van der Waals surface area contributed by atoms with E-state index in [1.807, 2.05) is 37.3 Å². The lowest BCUT2D eigenvalue weighted by Crippen LogP contribution is -2.49. The molecule has 0 spiro atoms. The molecule has 0 N–H and O–H groups in total. The molecule has 0 bridgehead atoms. The highest BCUT2D eigenvalue weighted by Crippen LogP contribution is 2.32. The summed E-state index contributed by atoms with van der Waals surface area (Å²) in [5.74, 6) is -0.175. The van der Waals surface area contributed by atoms with Crippen LogP contribution in [0.2, 0.25) is 0 Å². The van der Waals surface area contributed by atoms with Gasteiger partial charge < -0.3 is 4.74 Å². The van der Waals surface area contributed by atoms with Crippen molar-refractivity contribution in [2.24, 2.45) is 0 Å². The van der Waals surface area contributed by atoms with Crippen LogP contribution in [0.1, 0.15) is 25.3 Å². The fourth-order valence-corrected chi connectivity index (χ4v) is 2.56. The zero-order valence-corrected chi connectivity index (χ0v) is 10.5. The monoisotopic (exact) mass is 233 g/mol. The van der Waals surface area contributed by atoms with Gasteiger partial charge in [-0.05, 0) is 38.4 Å². The van der Waals surface area contributed by atoms with Crippen molar-refractivity contribution in [3.63, 3.8) is 0 Å². The summed E-state index contributed by atoms with van der Waals surface area (Å²) in [6.07, 6.45) is 2.30. The van der Waals surface area contributed by atoms with Crippen molar-refractivity contribution in [1.29, 1.82) is 0 Å². The molecule has 1 fully saturated rings. The van der Waals surface area contributed by atoms with Crippen molar-refractivity contribution in [2.75, 3.05) is 20.2 Å². The van der Waals surface area contributed by atoms with Crippen molar-refractivity contribution >= 4 is 5.97 Å². The summed E-state index contributed by atoms with van der Waals surface area (Å²) < 4.78 is 5.00. The van der Waals surface area contributed by atoms with Gasteiger partial charge in [0.05, 0.1) is 7.11 Å². The topological polar surface area (TPSA) is 29.5 Å². The molecule has 2 rings (SSSR count). The molecule has 3 nitrogen and oxygen atoms in total. The van der Waals surface area contributed by atoms with Crippen LogP contribution >= 0.6 is 0 Å². The number of rotatable bonds is 3.